The van der Waals surface area contributed by atoms with Crippen LogP contribution < -0.4 is 11.1 Å². The lowest BCUT2D eigenvalue weighted by Gasteiger charge is -2.30. The molecule has 30 heavy (non-hydrogen) atoms. The van der Waals surface area contributed by atoms with Crippen LogP contribution in [0.15, 0.2) is 30.3 Å². The first kappa shape index (κ1) is 25.6. The van der Waals surface area contributed by atoms with E-state index in [1.807, 2.05) is 26.2 Å². The van der Waals surface area contributed by atoms with E-state index in [0.717, 1.165) is 10.5 Å². The normalized spacial score (nSPS) is 13.9. The van der Waals surface area contributed by atoms with Gasteiger partial charge in [0.05, 0.1) is 6.04 Å². The third kappa shape index (κ3) is 8.16. The van der Waals surface area contributed by atoms with Gasteiger partial charge in [0.15, 0.2) is 0 Å². The van der Waals surface area contributed by atoms with Crippen LogP contribution in [0.4, 0.5) is 0 Å². The number of carboxylic acid groups (broad SMARTS) is 1. The topological polar surface area (TPSA) is 130 Å². The van der Waals surface area contributed by atoms with Gasteiger partial charge in [-0.25, -0.2) is 4.79 Å². The Bertz CT molecular complexity index is 714. The van der Waals surface area contributed by atoms with E-state index in [4.69, 9.17) is 5.73 Å². The number of imide groups is 1. The van der Waals surface area contributed by atoms with Crippen LogP contribution in [0, 0.1) is 5.92 Å². The van der Waals surface area contributed by atoms with Gasteiger partial charge in [0.25, 0.3) is 0 Å². The number of nitrogens with two attached hydrogens (primary N) is 1. The second-order valence-electron chi connectivity index (χ2n) is 7.47. The molecule has 3 atom stereocenters. The minimum atomic E-state index is -1.20. The third-order valence-corrected chi connectivity index (χ3v) is 5.19. The van der Waals surface area contributed by atoms with Crippen molar-refractivity contribution in [3.05, 3.63) is 35.9 Å². The van der Waals surface area contributed by atoms with Gasteiger partial charge in [0.1, 0.15) is 12.1 Å². The van der Waals surface area contributed by atoms with E-state index in [1.54, 1.807) is 24.3 Å². The lowest BCUT2D eigenvalue weighted by atomic mass is 9.99. The molecule has 0 aromatic heterocycles. The van der Waals surface area contributed by atoms with Gasteiger partial charge in [-0.2, -0.15) is 11.8 Å². The second kappa shape index (κ2) is 13.0. The monoisotopic (exact) mass is 437 g/mol. The van der Waals surface area contributed by atoms with Crippen molar-refractivity contribution in [2.75, 3.05) is 12.0 Å². The van der Waals surface area contributed by atoms with Gasteiger partial charge >= 0.3 is 5.97 Å². The van der Waals surface area contributed by atoms with Gasteiger partial charge in [-0.3, -0.25) is 19.3 Å². The van der Waals surface area contributed by atoms with E-state index in [1.165, 1.54) is 11.8 Å². The summed E-state index contributed by atoms with van der Waals surface area (Å²) in [5.41, 5.74) is 6.65. The Morgan fingerprint density at radius 3 is 2.37 bits per heavy atom. The molecular weight excluding hydrogens is 406 g/mol. The fourth-order valence-electron chi connectivity index (χ4n) is 2.95. The zero-order chi connectivity index (χ0) is 22.7. The van der Waals surface area contributed by atoms with E-state index in [0.29, 0.717) is 18.6 Å². The van der Waals surface area contributed by atoms with E-state index in [2.05, 4.69) is 5.32 Å². The fraction of sp³-hybridized carbons (Fsp3) is 0.524. The first-order valence-corrected chi connectivity index (χ1v) is 11.2. The number of benzene rings is 1. The van der Waals surface area contributed by atoms with Crippen LogP contribution in [0.2, 0.25) is 0 Å². The number of hydrogen-bond acceptors (Lipinski definition) is 6. The third-order valence-electron chi connectivity index (χ3n) is 4.55. The summed E-state index contributed by atoms with van der Waals surface area (Å²) in [6.07, 6.45) is 2.83. The lowest BCUT2D eigenvalue weighted by molar-refractivity contribution is -0.149. The number of nitrogens with one attached hydrogen (secondary N) is 1. The van der Waals surface area contributed by atoms with E-state index < -0.39 is 35.9 Å². The van der Waals surface area contributed by atoms with Crippen LogP contribution in [0.1, 0.15) is 32.3 Å². The zero-order valence-corrected chi connectivity index (χ0v) is 18.4. The highest BCUT2D eigenvalue weighted by molar-refractivity contribution is 7.98. The van der Waals surface area contributed by atoms with Crippen molar-refractivity contribution in [3.63, 3.8) is 0 Å². The molecule has 0 spiro atoms. The quantitative estimate of drug-likeness (QED) is 0.396. The van der Waals surface area contributed by atoms with Crippen molar-refractivity contribution in [1.82, 2.24) is 10.2 Å². The number of carbonyl (C=O) groups excluding carboxylic acids is 3. The number of thioether (sulfide) groups is 1. The maximum atomic E-state index is 13.0. The minimum absolute atomic E-state index is 0.0178. The molecule has 4 N–H and O–H groups in total. The summed E-state index contributed by atoms with van der Waals surface area (Å²) < 4.78 is 0. The summed E-state index contributed by atoms with van der Waals surface area (Å²) in [4.78, 5) is 49.9. The van der Waals surface area contributed by atoms with Crippen molar-refractivity contribution < 1.29 is 24.3 Å². The average molecular weight is 438 g/mol. The molecule has 0 aliphatic rings. The van der Waals surface area contributed by atoms with Gasteiger partial charge in [0, 0.05) is 6.42 Å². The molecule has 0 aliphatic carbocycles. The Morgan fingerprint density at radius 2 is 1.87 bits per heavy atom. The summed E-state index contributed by atoms with van der Waals surface area (Å²) in [7, 11) is 0. The summed E-state index contributed by atoms with van der Waals surface area (Å²) >= 11 is 1.52. The molecule has 3 unspecified atom stereocenters. The Labute approximate surface area is 181 Å². The number of nitrogens with zero attached hydrogens (tertiary/aromatic N) is 1. The van der Waals surface area contributed by atoms with Gasteiger partial charge in [-0.15, -0.1) is 0 Å². The fourth-order valence-corrected chi connectivity index (χ4v) is 3.44. The molecule has 0 saturated heterocycles. The van der Waals surface area contributed by atoms with Crippen LogP contribution in [0.5, 0.6) is 0 Å². The molecule has 0 fully saturated rings. The van der Waals surface area contributed by atoms with Gasteiger partial charge in [-0.1, -0.05) is 44.2 Å². The lowest BCUT2D eigenvalue weighted by Crippen LogP contribution is -2.56. The molecule has 1 rings (SSSR count). The number of carbonyl (C=O) groups is 4. The van der Waals surface area contributed by atoms with Gasteiger partial charge < -0.3 is 16.2 Å². The Kier molecular flexibility index (Phi) is 11.1. The molecule has 0 heterocycles. The van der Waals surface area contributed by atoms with Gasteiger partial charge in [-0.05, 0) is 36.3 Å². The highest BCUT2D eigenvalue weighted by atomic mass is 32.2. The number of carboxylic acids is 1. The van der Waals surface area contributed by atoms with Crippen LogP contribution in [0.25, 0.3) is 0 Å². The van der Waals surface area contributed by atoms with Crippen molar-refractivity contribution in [1.29, 1.82) is 0 Å². The predicted octanol–water partition coefficient (Wildman–Crippen LogP) is 1.28. The summed E-state index contributed by atoms with van der Waals surface area (Å²) in [5, 5.41) is 12.0. The molecule has 1 aromatic carbocycles. The largest absolute Gasteiger partial charge is 0.480 e. The summed E-state index contributed by atoms with van der Waals surface area (Å²) in [5.74, 6) is -1.91. The Balaban J connectivity index is 3.03. The standard InChI is InChI=1S/C21H31N3O5S/c1-14(2)11-18(24(13-25)20(27)16(22)9-10-30-3)19(26)23-17(21(28)29)12-15-7-5-4-6-8-15/h4-8,13-14,16-18H,9-12,22H2,1-3H3,(H,23,26)(H,28,29). The van der Waals surface area contributed by atoms with Crippen molar-refractivity contribution in [2.24, 2.45) is 11.7 Å². The highest BCUT2D eigenvalue weighted by Gasteiger charge is 2.34. The number of rotatable bonds is 13. The van der Waals surface area contributed by atoms with Crippen molar-refractivity contribution in [3.8, 4) is 0 Å². The first-order chi connectivity index (χ1) is 14.2. The maximum Gasteiger partial charge on any atom is 0.326 e. The maximum absolute atomic E-state index is 13.0. The van der Waals surface area contributed by atoms with Crippen molar-refractivity contribution in [2.45, 2.75) is 51.2 Å². The molecule has 9 heteroatoms. The molecule has 0 saturated carbocycles. The molecule has 3 amide bonds. The van der Waals surface area contributed by atoms with Crippen LogP contribution in [-0.2, 0) is 25.6 Å². The first-order valence-electron chi connectivity index (χ1n) is 9.80. The Hall–Kier alpha value is -2.39. The molecular formula is C21H31N3O5S. The summed E-state index contributed by atoms with van der Waals surface area (Å²) in [6.45, 7) is 3.69. The van der Waals surface area contributed by atoms with Crippen LogP contribution in [0.3, 0.4) is 0 Å². The van der Waals surface area contributed by atoms with Gasteiger partial charge in [0.2, 0.25) is 18.2 Å². The zero-order valence-electron chi connectivity index (χ0n) is 17.6. The van der Waals surface area contributed by atoms with E-state index >= 15 is 0 Å². The average Bonchev–Trinajstić information content (AvgIpc) is 2.71. The molecule has 8 nitrogen and oxygen atoms in total. The van der Waals surface area contributed by atoms with Crippen LogP contribution in [-0.4, -0.2) is 64.3 Å². The molecule has 0 bridgehead atoms. The van der Waals surface area contributed by atoms with E-state index in [-0.39, 0.29) is 18.8 Å². The van der Waals surface area contributed by atoms with Crippen LogP contribution >= 0.6 is 11.8 Å². The molecule has 1 aromatic rings. The number of hydrogen-bond donors (Lipinski definition) is 3. The minimum Gasteiger partial charge on any atom is -0.480 e. The highest BCUT2D eigenvalue weighted by Crippen LogP contribution is 2.14. The molecule has 0 radical (unpaired) electrons. The van der Waals surface area contributed by atoms with E-state index in [9.17, 15) is 24.3 Å². The predicted molar refractivity (Wildman–Crippen MR) is 117 cm³/mol. The SMILES string of the molecule is CSCCC(N)C(=O)N(C=O)C(CC(C)C)C(=O)NC(Cc1ccccc1)C(=O)O. The van der Waals surface area contributed by atoms with Crippen molar-refractivity contribution >= 4 is 36.0 Å². The number of amides is 3. The molecule has 166 valence electrons. The number of aliphatic carboxylic acids is 1. The molecule has 0 aliphatic heterocycles. The smallest absolute Gasteiger partial charge is 0.326 e. The summed E-state index contributed by atoms with van der Waals surface area (Å²) in [6, 6.07) is 5.66. The second-order valence-corrected chi connectivity index (χ2v) is 8.46. The Morgan fingerprint density at radius 1 is 1.23 bits per heavy atom.